The zero-order valence-corrected chi connectivity index (χ0v) is 19.2. The van der Waals surface area contributed by atoms with E-state index in [1.54, 1.807) is 18.2 Å². The molecular formula is C27H23FN2O5. The van der Waals surface area contributed by atoms with E-state index in [0.717, 1.165) is 11.3 Å². The topological polar surface area (TPSA) is 104 Å². The molecule has 7 nitrogen and oxygen atoms in total. The Labute approximate surface area is 202 Å². The van der Waals surface area contributed by atoms with Crippen LogP contribution < -0.4 is 24.7 Å². The van der Waals surface area contributed by atoms with Crippen molar-refractivity contribution in [3.63, 3.8) is 0 Å². The Hall–Kier alpha value is -4.51. The van der Waals surface area contributed by atoms with E-state index in [9.17, 15) is 14.4 Å². The molecule has 0 amide bonds. The predicted octanol–water partition coefficient (Wildman–Crippen LogP) is 4.82. The highest BCUT2D eigenvalue weighted by atomic mass is 19.1. The quantitative estimate of drug-likeness (QED) is 0.387. The van der Waals surface area contributed by atoms with Gasteiger partial charge in [0, 0.05) is 11.6 Å². The molecule has 1 aliphatic rings. The van der Waals surface area contributed by atoms with Crippen LogP contribution in [0.1, 0.15) is 30.9 Å². The maximum Gasteiger partial charge on any atom is 0.352 e. The summed E-state index contributed by atoms with van der Waals surface area (Å²) in [6.07, 6.45) is -0.941. The molecule has 0 bridgehead atoms. The van der Waals surface area contributed by atoms with E-state index >= 15 is 0 Å². The fourth-order valence-corrected chi connectivity index (χ4v) is 3.73. The summed E-state index contributed by atoms with van der Waals surface area (Å²) in [5, 5.41) is 9.73. The SMILES string of the molecule is CCOc1ccc(C2C(C#N)=C(N)Oc3cc(OC(=O)C(C)Oc4ccc(F)cc4)ccc32)cc1. The third kappa shape index (κ3) is 5.20. The monoisotopic (exact) mass is 474 g/mol. The van der Waals surface area contributed by atoms with Crippen molar-refractivity contribution in [1.29, 1.82) is 5.26 Å². The van der Waals surface area contributed by atoms with Gasteiger partial charge in [0.25, 0.3) is 0 Å². The van der Waals surface area contributed by atoms with Crippen LogP contribution in [0.4, 0.5) is 4.39 Å². The van der Waals surface area contributed by atoms with Crippen molar-refractivity contribution in [2.75, 3.05) is 6.61 Å². The summed E-state index contributed by atoms with van der Waals surface area (Å²) < 4.78 is 35.2. The number of carbonyl (C=O) groups is 1. The summed E-state index contributed by atoms with van der Waals surface area (Å²) in [5.41, 5.74) is 7.89. The summed E-state index contributed by atoms with van der Waals surface area (Å²) in [7, 11) is 0. The first-order valence-corrected chi connectivity index (χ1v) is 11.0. The Kier molecular flexibility index (Phi) is 6.88. The predicted molar refractivity (Wildman–Crippen MR) is 125 cm³/mol. The first-order chi connectivity index (χ1) is 16.9. The van der Waals surface area contributed by atoms with E-state index in [1.807, 2.05) is 31.2 Å². The Morgan fingerprint density at radius 3 is 2.40 bits per heavy atom. The Balaban J connectivity index is 1.55. The van der Waals surface area contributed by atoms with E-state index in [1.165, 1.54) is 31.2 Å². The Morgan fingerprint density at radius 2 is 1.74 bits per heavy atom. The number of halogens is 1. The summed E-state index contributed by atoms with van der Waals surface area (Å²) >= 11 is 0. The first kappa shape index (κ1) is 23.6. The van der Waals surface area contributed by atoms with E-state index in [0.29, 0.717) is 23.7 Å². The zero-order valence-electron chi connectivity index (χ0n) is 19.2. The number of hydrogen-bond acceptors (Lipinski definition) is 7. The highest BCUT2D eigenvalue weighted by molar-refractivity contribution is 5.77. The molecule has 1 heterocycles. The zero-order chi connectivity index (χ0) is 24.9. The molecule has 8 heteroatoms. The number of esters is 1. The number of carbonyl (C=O) groups excluding carboxylic acids is 1. The van der Waals surface area contributed by atoms with E-state index in [-0.39, 0.29) is 17.2 Å². The van der Waals surface area contributed by atoms with Crippen molar-refractivity contribution in [2.45, 2.75) is 25.9 Å². The number of hydrogen-bond donors (Lipinski definition) is 1. The number of fused-ring (bicyclic) bond motifs is 1. The lowest BCUT2D eigenvalue weighted by Crippen LogP contribution is -2.28. The number of benzene rings is 3. The van der Waals surface area contributed by atoms with E-state index in [4.69, 9.17) is 24.7 Å². The summed E-state index contributed by atoms with van der Waals surface area (Å²) in [6, 6.07) is 19.8. The van der Waals surface area contributed by atoms with Crippen LogP contribution in [-0.4, -0.2) is 18.7 Å². The molecule has 1 aliphatic heterocycles. The Morgan fingerprint density at radius 1 is 1.09 bits per heavy atom. The van der Waals surface area contributed by atoms with Crippen LogP contribution in [0.25, 0.3) is 0 Å². The minimum absolute atomic E-state index is 0.0182. The summed E-state index contributed by atoms with van der Waals surface area (Å²) in [5.74, 6) is 0.135. The second-order valence-corrected chi connectivity index (χ2v) is 7.76. The molecule has 0 saturated carbocycles. The molecule has 0 aliphatic carbocycles. The van der Waals surface area contributed by atoms with Crippen LogP contribution in [0.15, 0.2) is 78.2 Å². The van der Waals surface area contributed by atoms with Gasteiger partial charge < -0.3 is 24.7 Å². The van der Waals surface area contributed by atoms with Crippen molar-refractivity contribution in [2.24, 2.45) is 5.73 Å². The lowest BCUT2D eigenvalue weighted by Gasteiger charge is -2.27. The van der Waals surface area contributed by atoms with Crippen molar-refractivity contribution < 1.29 is 28.1 Å². The van der Waals surface area contributed by atoms with Crippen molar-refractivity contribution in [3.05, 3.63) is 95.1 Å². The van der Waals surface area contributed by atoms with Crippen LogP contribution in [0, 0.1) is 17.1 Å². The highest BCUT2D eigenvalue weighted by Crippen LogP contribution is 2.43. The molecule has 0 aromatic heterocycles. The number of nitrogens with two attached hydrogens (primary N) is 1. The molecule has 0 fully saturated rings. The van der Waals surface area contributed by atoms with Gasteiger partial charge in [-0.25, -0.2) is 9.18 Å². The lowest BCUT2D eigenvalue weighted by atomic mass is 9.83. The normalized spacial score (nSPS) is 15.3. The van der Waals surface area contributed by atoms with Gasteiger partial charge >= 0.3 is 5.97 Å². The smallest absolute Gasteiger partial charge is 0.352 e. The van der Waals surface area contributed by atoms with Gasteiger partial charge in [0.2, 0.25) is 5.88 Å². The van der Waals surface area contributed by atoms with Crippen LogP contribution >= 0.6 is 0 Å². The van der Waals surface area contributed by atoms with Gasteiger partial charge in [-0.15, -0.1) is 0 Å². The molecule has 3 aromatic carbocycles. The van der Waals surface area contributed by atoms with Gasteiger partial charge in [-0.05, 0) is 61.9 Å². The van der Waals surface area contributed by atoms with Crippen molar-refractivity contribution in [1.82, 2.24) is 0 Å². The molecule has 0 spiro atoms. The van der Waals surface area contributed by atoms with Gasteiger partial charge in [0.05, 0.1) is 12.5 Å². The maximum atomic E-state index is 13.1. The molecule has 0 saturated heterocycles. The van der Waals surface area contributed by atoms with Crippen LogP contribution in [-0.2, 0) is 4.79 Å². The first-order valence-electron chi connectivity index (χ1n) is 11.0. The summed E-state index contributed by atoms with van der Waals surface area (Å²) in [6.45, 7) is 3.98. The average molecular weight is 474 g/mol. The van der Waals surface area contributed by atoms with Gasteiger partial charge in [0.1, 0.15) is 40.5 Å². The van der Waals surface area contributed by atoms with Gasteiger partial charge in [0.15, 0.2) is 6.10 Å². The minimum Gasteiger partial charge on any atom is -0.494 e. The fraction of sp³-hybridized carbons (Fsp3) is 0.185. The summed E-state index contributed by atoms with van der Waals surface area (Å²) in [4.78, 5) is 12.5. The molecule has 0 radical (unpaired) electrons. The molecule has 35 heavy (non-hydrogen) atoms. The van der Waals surface area contributed by atoms with Crippen LogP contribution in [0.2, 0.25) is 0 Å². The molecule has 178 valence electrons. The average Bonchev–Trinajstić information content (AvgIpc) is 2.85. The number of rotatable bonds is 7. The van der Waals surface area contributed by atoms with Crippen LogP contribution in [0.5, 0.6) is 23.0 Å². The molecular weight excluding hydrogens is 451 g/mol. The third-order valence-electron chi connectivity index (χ3n) is 5.39. The fourth-order valence-electron chi connectivity index (χ4n) is 3.73. The number of ether oxygens (including phenoxy) is 4. The number of nitriles is 1. The highest BCUT2D eigenvalue weighted by Gasteiger charge is 2.31. The standard InChI is InChI=1S/C27H23FN2O5/c1-3-32-19-8-4-17(5-9-19)25-22-13-12-21(14-24(22)35-26(30)23(25)15-29)34-27(31)16(2)33-20-10-6-18(28)7-11-20/h4-14,16,25H,3,30H2,1-2H3. The number of nitrogens with zero attached hydrogens (tertiary/aromatic N) is 1. The third-order valence-corrected chi connectivity index (χ3v) is 5.39. The van der Waals surface area contributed by atoms with E-state index < -0.39 is 23.8 Å². The Bertz CT molecular complexity index is 1300. The minimum atomic E-state index is -0.941. The number of allylic oxidation sites excluding steroid dienone is 1. The van der Waals surface area contributed by atoms with Crippen molar-refractivity contribution in [3.8, 4) is 29.1 Å². The van der Waals surface area contributed by atoms with Crippen molar-refractivity contribution >= 4 is 5.97 Å². The molecule has 2 N–H and O–H groups in total. The maximum absolute atomic E-state index is 13.1. The molecule has 2 atom stereocenters. The molecule has 4 rings (SSSR count). The van der Waals surface area contributed by atoms with Gasteiger partial charge in [-0.2, -0.15) is 5.26 Å². The second kappa shape index (κ2) is 10.2. The van der Waals surface area contributed by atoms with Gasteiger partial charge in [-0.1, -0.05) is 18.2 Å². The van der Waals surface area contributed by atoms with E-state index in [2.05, 4.69) is 6.07 Å². The molecule has 3 aromatic rings. The largest absolute Gasteiger partial charge is 0.494 e. The van der Waals surface area contributed by atoms with Crippen LogP contribution in [0.3, 0.4) is 0 Å². The second-order valence-electron chi connectivity index (χ2n) is 7.76. The molecule has 2 unspecified atom stereocenters. The lowest BCUT2D eigenvalue weighted by molar-refractivity contribution is -0.141. The van der Waals surface area contributed by atoms with Gasteiger partial charge in [-0.3, -0.25) is 0 Å².